The van der Waals surface area contributed by atoms with Crippen molar-refractivity contribution in [2.24, 2.45) is 5.92 Å². The number of aromatic nitrogens is 1. The van der Waals surface area contributed by atoms with Crippen molar-refractivity contribution in [3.63, 3.8) is 0 Å². The third-order valence-corrected chi connectivity index (χ3v) is 7.27. The van der Waals surface area contributed by atoms with Crippen LogP contribution < -0.4 is 14.2 Å². The van der Waals surface area contributed by atoms with Gasteiger partial charge >= 0.3 is 0 Å². The number of benzene rings is 1. The van der Waals surface area contributed by atoms with Crippen LogP contribution in [0.2, 0.25) is 5.02 Å². The number of hydrogen-bond acceptors (Lipinski definition) is 7. The molecule has 202 valence electrons. The average Bonchev–Trinajstić information content (AvgIpc) is 3.64. The van der Waals surface area contributed by atoms with Gasteiger partial charge in [0.2, 0.25) is 15.9 Å². The van der Waals surface area contributed by atoms with Gasteiger partial charge in [-0.3, -0.25) is 9.69 Å². The lowest BCUT2D eigenvalue weighted by Crippen LogP contribution is -2.35. The quantitative estimate of drug-likeness (QED) is 0.462. The lowest BCUT2D eigenvalue weighted by molar-refractivity contribution is 0.0977. The van der Waals surface area contributed by atoms with Gasteiger partial charge in [0.25, 0.3) is 5.91 Å². The summed E-state index contributed by atoms with van der Waals surface area (Å²) in [5.74, 6) is -0.375. The highest BCUT2D eigenvalue weighted by Crippen LogP contribution is 2.45. The monoisotopic (exact) mass is 553 g/mol. The Labute approximate surface area is 222 Å². The SMILES string of the molecule is CC(C)Oc1ncc(CN2CCC(COc3cc(F)c(C(=O)NS(C)(=O)=O)cc3C3CC3)CC2)cc1Cl. The van der Waals surface area contributed by atoms with Gasteiger partial charge in [-0.25, -0.2) is 22.5 Å². The maximum absolute atomic E-state index is 14.7. The maximum Gasteiger partial charge on any atom is 0.267 e. The highest BCUT2D eigenvalue weighted by Gasteiger charge is 2.30. The van der Waals surface area contributed by atoms with Crippen molar-refractivity contribution >= 4 is 27.5 Å². The van der Waals surface area contributed by atoms with E-state index in [4.69, 9.17) is 21.1 Å². The van der Waals surface area contributed by atoms with Crippen LogP contribution in [0.5, 0.6) is 11.6 Å². The number of ether oxygens (including phenoxy) is 2. The molecule has 2 fully saturated rings. The van der Waals surface area contributed by atoms with E-state index in [1.165, 1.54) is 12.1 Å². The topological polar surface area (TPSA) is 97.8 Å². The van der Waals surface area contributed by atoms with Crippen molar-refractivity contribution < 1.29 is 27.1 Å². The summed E-state index contributed by atoms with van der Waals surface area (Å²) in [5.41, 5.74) is 1.50. The van der Waals surface area contributed by atoms with Crippen molar-refractivity contribution in [3.05, 3.63) is 51.9 Å². The second-order valence-electron chi connectivity index (χ2n) is 10.2. The summed E-state index contributed by atoms with van der Waals surface area (Å²) < 4.78 is 51.0. The molecule has 4 rings (SSSR count). The minimum Gasteiger partial charge on any atom is -0.493 e. The predicted molar refractivity (Wildman–Crippen MR) is 139 cm³/mol. The molecule has 0 spiro atoms. The van der Waals surface area contributed by atoms with Crippen molar-refractivity contribution in [1.82, 2.24) is 14.6 Å². The Balaban J connectivity index is 1.32. The lowest BCUT2D eigenvalue weighted by Gasteiger charge is -2.32. The van der Waals surface area contributed by atoms with Crippen LogP contribution in [0.4, 0.5) is 4.39 Å². The van der Waals surface area contributed by atoms with Crippen LogP contribution in [-0.2, 0) is 16.6 Å². The van der Waals surface area contributed by atoms with E-state index < -0.39 is 21.7 Å². The van der Waals surface area contributed by atoms with Gasteiger partial charge in [-0.15, -0.1) is 0 Å². The molecular weight excluding hydrogens is 521 g/mol. The molecule has 1 N–H and O–H groups in total. The molecule has 2 heterocycles. The van der Waals surface area contributed by atoms with Crippen molar-refractivity contribution in [2.45, 2.75) is 58.1 Å². The van der Waals surface area contributed by atoms with E-state index in [9.17, 15) is 17.6 Å². The van der Waals surface area contributed by atoms with E-state index >= 15 is 0 Å². The number of nitrogens with one attached hydrogen (secondary N) is 1. The van der Waals surface area contributed by atoms with Crippen LogP contribution in [0.1, 0.15) is 66.9 Å². The molecule has 0 unspecified atom stereocenters. The molecule has 2 aliphatic rings. The average molecular weight is 554 g/mol. The van der Waals surface area contributed by atoms with Crippen LogP contribution in [0.15, 0.2) is 24.4 Å². The van der Waals surface area contributed by atoms with E-state index in [0.29, 0.717) is 29.2 Å². The number of carbonyl (C=O) groups is 1. The molecule has 8 nitrogen and oxygen atoms in total. The van der Waals surface area contributed by atoms with E-state index in [0.717, 1.165) is 62.7 Å². The van der Waals surface area contributed by atoms with Crippen LogP contribution in [0, 0.1) is 11.7 Å². The number of sulfonamides is 1. The molecule has 0 atom stereocenters. The van der Waals surface area contributed by atoms with E-state index in [2.05, 4.69) is 9.88 Å². The highest BCUT2D eigenvalue weighted by atomic mass is 35.5. The van der Waals surface area contributed by atoms with Gasteiger partial charge in [-0.1, -0.05) is 11.6 Å². The first-order chi connectivity index (χ1) is 17.5. The largest absolute Gasteiger partial charge is 0.493 e. The minimum absolute atomic E-state index is 0.00579. The molecule has 0 radical (unpaired) electrons. The second-order valence-corrected chi connectivity index (χ2v) is 12.3. The van der Waals surface area contributed by atoms with Crippen molar-refractivity contribution in [1.29, 1.82) is 0 Å². The third kappa shape index (κ3) is 7.78. The first-order valence-electron chi connectivity index (χ1n) is 12.5. The van der Waals surface area contributed by atoms with Gasteiger partial charge in [0.05, 0.1) is 24.5 Å². The Morgan fingerprint density at radius 3 is 2.51 bits per heavy atom. The zero-order valence-corrected chi connectivity index (χ0v) is 22.9. The van der Waals surface area contributed by atoms with Crippen LogP contribution in [-0.4, -0.2) is 56.3 Å². The molecule has 1 aromatic heterocycles. The second kappa shape index (κ2) is 11.5. The van der Waals surface area contributed by atoms with Gasteiger partial charge in [0, 0.05) is 18.8 Å². The summed E-state index contributed by atoms with van der Waals surface area (Å²) in [4.78, 5) is 18.9. The third-order valence-electron chi connectivity index (χ3n) is 6.44. The zero-order chi connectivity index (χ0) is 26.7. The Morgan fingerprint density at radius 1 is 1.22 bits per heavy atom. The molecule has 1 aromatic carbocycles. The Morgan fingerprint density at radius 2 is 1.92 bits per heavy atom. The number of nitrogens with zero attached hydrogens (tertiary/aromatic N) is 2. The first kappa shape index (κ1) is 27.6. The number of piperidine rings is 1. The van der Waals surface area contributed by atoms with Crippen LogP contribution in [0.25, 0.3) is 0 Å². The number of hydrogen-bond donors (Lipinski definition) is 1. The summed E-state index contributed by atoms with van der Waals surface area (Å²) in [6, 6.07) is 4.54. The van der Waals surface area contributed by atoms with Crippen molar-refractivity contribution in [2.75, 3.05) is 26.0 Å². The molecule has 1 amide bonds. The number of pyridine rings is 1. The number of carbonyl (C=O) groups excluding carboxylic acids is 1. The minimum atomic E-state index is -3.79. The first-order valence-corrected chi connectivity index (χ1v) is 14.8. The van der Waals surface area contributed by atoms with Gasteiger partial charge in [-0.2, -0.15) is 0 Å². The van der Waals surface area contributed by atoms with E-state index in [1.807, 2.05) is 24.6 Å². The van der Waals surface area contributed by atoms with Crippen LogP contribution in [0.3, 0.4) is 0 Å². The lowest BCUT2D eigenvalue weighted by atomic mass is 9.97. The van der Waals surface area contributed by atoms with E-state index in [-0.39, 0.29) is 17.6 Å². The summed E-state index contributed by atoms with van der Waals surface area (Å²) in [6.07, 6.45) is 6.39. The maximum atomic E-state index is 14.7. The Bertz CT molecular complexity index is 1250. The number of likely N-dealkylation sites (tertiary alicyclic amines) is 1. The Hall–Kier alpha value is -2.43. The van der Waals surface area contributed by atoms with Crippen LogP contribution >= 0.6 is 11.6 Å². The summed E-state index contributed by atoms with van der Waals surface area (Å²) in [5, 5.41) is 0.507. The molecule has 1 aliphatic heterocycles. The molecule has 1 aliphatic carbocycles. The molecule has 1 saturated heterocycles. The van der Waals surface area contributed by atoms with Gasteiger partial charge in [0.1, 0.15) is 16.6 Å². The number of rotatable bonds is 10. The Kier molecular flexibility index (Phi) is 8.60. The smallest absolute Gasteiger partial charge is 0.267 e. The number of halogens is 2. The van der Waals surface area contributed by atoms with E-state index in [1.54, 1.807) is 6.20 Å². The fraction of sp³-hybridized carbons (Fsp3) is 0.538. The molecule has 2 aromatic rings. The number of amides is 1. The predicted octanol–water partition coefficient (Wildman–Crippen LogP) is 4.52. The molecular formula is C26H33ClFN3O5S. The fourth-order valence-electron chi connectivity index (χ4n) is 4.45. The standard InChI is InChI=1S/C26H33ClFN3O5S/c1-16(2)36-26-22(27)10-18(13-29-26)14-31-8-6-17(7-9-31)15-35-24-12-23(28)21(11-20(24)19-4-5-19)25(32)30-37(3,33)34/h10-13,16-17,19H,4-9,14-15H2,1-3H3,(H,30,32). The highest BCUT2D eigenvalue weighted by molar-refractivity contribution is 7.89. The van der Waals surface area contributed by atoms with Gasteiger partial charge in [0.15, 0.2) is 0 Å². The van der Waals surface area contributed by atoms with Crippen molar-refractivity contribution in [3.8, 4) is 11.6 Å². The molecule has 37 heavy (non-hydrogen) atoms. The normalized spacial score (nSPS) is 17.1. The molecule has 0 bridgehead atoms. The summed E-state index contributed by atoms with van der Waals surface area (Å²) in [6.45, 7) is 6.85. The zero-order valence-electron chi connectivity index (χ0n) is 21.3. The molecule has 1 saturated carbocycles. The molecule has 11 heteroatoms. The summed E-state index contributed by atoms with van der Waals surface area (Å²) in [7, 11) is -3.79. The summed E-state index contributed by atoms with van der Waals surface area (Å²) >= 11 is 6.32. The van der Waals surface area contributed by atoms with Gasteiger partial charge in [-0.05, 0) is 87.7 Å². The fourth-order valence-corrected chi connectivity index (χ4v) is 5.13. The van der Waals surface area contributed by atoms with Gasteiger partial charge < -0.3 is 9.47 Å².